The molecule has 0 aromatic heterocycles. The van der Waals surface area contributed by atoms with E-state index in [0.29, 0.717) is 15.4 Å². The first-order valence-corrected chi connectivity index (χ1v) is 8.75. The molecular weight excluding hydrogens is 375 g/mol. The number of sulfonamides is 1. The molecule has 1 saturated carbocycles. The van der Waals surface area contributed by atoms with Crippen LogP contribution in [0.25, 0.3) is 0 Å². The fourth-order valence-electron chi connectivity index (χ4n) is 1.81. The van der Waals surface area contributed by atoms with E-state index in [1.165, 1.54) is 12.1 Å². The van der Waals surface area contributed by atoms with Crippen LogP contribution in [0.3, 0.4) is 0 Å². The Kier molecular flexibility index (Phi) is 4.80. The maximum Gasteiger partial charge on any atom is 0.242 e. The Morgan fingerprint density at radius 3 is 2.53 bits per heavy atom. The molecule has 0 saturated heterocycles. The van der Waals surface area contributed by atoms with Crippen molar-refractivity contribution in [2.45, 2.75) is 23.8 Å². The summed E-state index contributed by atoms with van der Waals surface area (Å²) < 4.78 is 27.7. The summed E-state index contributed by atoms with van der Waals surface area (Å²) in [5.74, 6) is 0.328. The number of nitrogens with two attached hydrogens (primary N) is 1. The lowest BCUT2D eigenvalue weighted by molar-refractivity contribution is 0.519. The van der Waals surface area contributed by atoms with Gasteiger partial charge in [0.2, 0.25) is 10.0 Å². The fourth-order valence-corrected chi connectivity index (χ4v) is 4.39. The van der Waals surface area contributed by atoms with Crippen LogP contribution in [0.2, 0.25) is 10.0 Å². The van der Waals surface area contributed by atoms with Crippen LogP contribution < -0.4 is 10.5 Å². The van der Waals surface area contributed by atoms with Crippen molar-refractivity contribution in [1.82, 2.24) is 4.72 Å². The minimum atomic E-state index is -3.70. The lowest BCUT2D eigenvalue weighted by Crippen LogP contribution is -2.41. The molecule has 0 amide bonds. The van der Waals surface area contributed by atoms with Crippen LogP contribution in [-0.2, 0) is 10.0 Å². The molecule has 0 heterocycles. The molecule has 0 radical (unpaired) electrons. The van der Waals surface area contributed by atoms with Gasteiger partial charge in [0.1, 0.15) is 4.90 Å². The molecule has 1 unspecified atom stereocenters. The molecule has 0 spiro atoms. The molecule has 4 nitrogen and oxygen atoms in total. The Bertz CT molecular complexity index is 591. The Morgan fingerprint density at radius 2 is 2.00 bits per heavy atom. The van der Waals surface area contributed by atoms with E-state index in [1.807, 2.05) is 0 Å². The molecule has 1 aliphatic carbocycles. The summed E-state index contributed by atoms with van der Waals surface area (Å²) in [5.41, 5.74) is 5.60. The van der Waals surface area contributed by atoms with Crippen molar-refractivity contribution in [2.24, 2.45) is 11.7 Å². The zero-order chi connectivity index (χ0) is 14.2. The van der Waals surface area contributed by atoms with Gasteiger partial charge in [-0.05, 0) is 46.8 Å². The normalized spacial score (nSPS) is 17.5. The summed E-state index contributed by atoms with van der Waals surface area (Å²) in [4.78, 5) is 0.00421. The van der Waals surface area contributed by atoms with Gasteiger partial charge < -0.3 is 5.73 Å². The van der Waals surface area contributed by atoms with Crippen molar-refractivity contribution in [3.05, 3.63) is 26.7 Å². The maximum absolute atomic E-state index is 12.3. The predicted molar refractivity (Wildman–Crippen MR) is 80.0 cm³/mol. The van der Waals surface area contributed by atoms with Crippen LogP contribution in [0.5, 0.6) is 0 Å². The van der Waals surface area contributed by atoms with Crippen LogP contribution in [-0.4, -0.2) is 21.0 Å². The van der Waals surface area contributed by atoms with Gasteiger partial charge in [0.05, 0.1) is 10.0 Å². The minimum Gasteiger partial charge on any atom is -0.329 e. The Balaban J connectivity index is 2.31. The number of halogens is 3. The third-order valence-electron chi connectivity index (χ3n) is 3.02. The Labute approximate surface area is 130 Å². The lowest BCUT2D eigenvalue weighted by Gasteiger charge is -2.17. The molecule has 1 aliphatic rings. The summed E-state index contributed by atoms with van der Waals surface area (Å²) >= 11 is 15.0. The van der Waals surface area contributed by atoms with Gasteiger partial charge >= 0.3 is 0 Å². The second-order valence-electron chi connectivity index (χ2n) is 4.50. The lowest BCUT2D eigenvalue weighted by atomic mass is 10.2. The SMILES string of the molecule is NCC(NS(=O)(=O)c1cc(Br)c(Cl)cc1Cl)C1CC1. The standard InChI is InChI=1S/C11H13BrCl2N2O2S/c12-7-3-11(9(14)4-8(7)13)19(17,18)16-10(5-15)6-1-2-6/h3-4,6,10,16H,1-2,5,15H2. The van der Waals surface area contributed by atoms with Crippen molar-refractivity contribution in [2.75, 3.05) is 6.54 Å². The number of hydrogen-bond acceptors (Lipinski definition) is 3. The first-order chi connectivity index (χ1) is 8.85. The first-order valence-electron chi connectivity index (χ1n) is 5.72. The third-order valence-corrected chi connectivity index (χ3v) is 6.17. The number of hydrogen-bond donors (Lipinski definition) is 2. The van der Waals surface area contributed by atoms with Crippen LogP contribution in [0.1, 0.15) is 12.8 Å². The molecule has 1 aromatic carbocycles. The van der Waals surface area contributed by atoms with E-state index in [4.69, 9.17) is 28.9 Å². The second kappa shape index (κ2) is 5.87. The van der Waals surface area contributed by atoms with Crippen molar-refractivity contribution < 1.29 is 8.42 Å². The van der Waals surface area contributed by atoms with Crippen LogP contribution in [0.15, 0.2) is 21.5 Å². The molecule has 0 aliphatic heterocycles. The first kappa shape index (κ1) is 15.5. The highest BCUT2D eigenvalue weighted by Gasteiger charge is 2.34. The molecule has 8 heteroatoms. The largest absolute Gasteiger partial charge is 0.329 e. The topological polar surface area (TPSA) is 72.2 Å². The molecule has 19 heavy (non-hydrogen) atoms. The summed E-state index contributed by atoms with van der Waals surface area (Å²) in [6.07, 6.45) is 2.00. The van der Waals surface area contributed by atoms with Gasteiger partial charge in [-0.1, -0.05) is 23.2 Å². The molecule has 0 bridgehead atoms. The Morgan fingerprint density at radius 1 is 1.37 bits per heavy atom. The number of nitrogens with one attached hydrogen (secondary N) is 1. The van der Waals surface area contributed by atoms with Crippen LogP contribution in [0, 0.1) is 5.92 Å². The fraction of sp³-hybridized carbons (Fsp3) is 0.455. The monoisotopic (exact) mass is 386 g/mol. The zero-order valence-electron chi connectivity index (χ0n) is 9.87. The average Bonchev–Trinajstić information content (AvgIpc) is 3.14. The molecule has 3 N–H and O–H groups in total. The number of rotatable bonds is 5. The summed E-state index contributed by atoms with van der Waals surface area (Å²) in [7, 11) is -3.70. The van der Waals surface area contributed by atoms with E-state index >= 15 is 0 Å². The smallest absolute Gasteiger partial charge is 0.242 e. The van der Waals surface area contributed by atoms with Crippen molar-refractivity contribution in [1.29, 1.82) is 0 Å². The van der Waals surface area contributed by atoms with Gasteiger partial charge in [0.15, 0.2) is 0 Å². The van der Waals surface area contributed by atoms with Gasteiger partial charge in [-0.2, -0.15) is 0 Å². The molecule has 1 fully saturated rings. The summed E-state index contributed by atoms with van der Waals surface area (Å²) in [5, 5.41) is 0.453. The summed E-state index contributed by atoms with van der Waals surface area (Å²) in [6, 6.07) is 2.56. The van der Waals surface area contributed by atoms with E-state index in [-0.39, 0.29) is 22.5 Å². The predicted octanol–water partition coefficient (Wildman–Crippen LogP) is 2.77. The zero-order valence-corrected chi connectivity index (χ0v) is 13.8. The second-order valence-corrected chi connectivity index (χ2v) is 7.85. The minimum absolute atomic E-state index is 0.00421. The molecule has 106 valence electrons. The van der Waals surface area contributed by atoms with Crippen LogP contribution >= 0.6 is 39.1 Å². The van der Waals surface area contributed by atoms with Crippen molar-refractivity contribution in [3.8, 4) is 0 Å². The maximum atomic E-state index is 12.3. The van der Waals surface area contributed by atoms with E-state index in [9.17, 15) is 8.42 Å². The highest BCUT2D eigenvalue weighted by molar-refractivity contribution is 9.10. The quantitative estimate of drug-likeness (QED) is 0.763. The van der Waals surface area contributed by atoms with Gasteiger partial charge in [0.25, 0.3) is 0 Å². The van der Waals surface area contributed by atoms with E-state index in [2.05, 4.69) is 20.7 Å². The molecular formula is C11H13BrCl2N2O2S. The van der Waals surface area contributed by atoms with Gasteiger partial charge in [0, 0.05) is 17.1 Å². The summed E-state index contributed by atoms with van der Waals surface area (Å²) in [6.45, 7) is 0.274. The van der Waals surface area contributed by atoms with E-state index in [0.717, 1.165) is 12.8 Å². The van der Waals surface area contributed by atoms with Gasteiger partial charge in [-0.25, -0.2) is 13.1 Å². The van der Waals surface area contributed by atoms with E-state index in [1.54, 1.807) is 0 Å². The van der Waals surface area contributed by atoms with Gasteiger partial charge in [-0.3, -0.25) is 0 Å². The highest BCUT2D eigenvalue weighted by Crippen LogP contribution is 2.35. The van der Waals surface area contributed by atoms with Crippen LogP contribution in [0.4, 0.5) is 0 Å². The molecule has 1 atom stereocenters. The molecule has 1 aromatic rings. The Hall–Kier alpha value is 0.150. The number of benzene rings is 1. The average molecular weight is 388 g/mol. The van der Waals surface area contributed by atoms with Gasteiger partial charge in [-0.15, -0.1) is 0 Å². The van der Waals surface area contributed by atoms with Crippen molar-refractivity contribution >= 4 is 49.2 Å². The highest BCUT2D eigenvalue weighted by atomic mass is 79.9. The van der Waals surface area contributed by atoms with Crippen molar-refractivity contribution in [3.63, 3.8) is 0 Å². The molecule has 2 rings (SSSR count). The van der Waals surface area contributed by atoms with E-state index < -0.39 is 10.0 Å². The third kappa shape index (κ3) is 3.62.